The maximum atomic E-state index is 11.7. The predicted octanol–water partition coefficient (Wildman–Crippen LogP) is 1.45. The summed E-state index contributed by atoms with van der Waals surface area (Å²) >= 11 is 0. The Morgan fingerprint density at radius 3 is 2.33 bits per heavy atom. The van der Waals surface area contributed by atoms with Crippen LogP contribution in [0, 0.1) is 0 Å². The smallest absolute Gasteiger partial charge is 0.323 e. The van der Waals surface area contributed by atoms with Gasteiger partial charge in [-0.15, -0.1) is 0 Å². The molecule has 0 bridgehead atoms. The van der Waals surface area contributed by atoms with Crippen molar-refractivity contribution in [3.63, 3.8) is 0 Å². The molecule has 0 aliphatic rings. The van der Waals surface area contributed by atoms with Gasteiger partial charge in [0.1, 0.15) is 6.54 Å². The molecule has 0 rings (SSSR count). The summed E-state index contributed by atoms with van der Waals surface area (Å²) in [6, 6.07) is 0. The Bertz CT molecular complexity index is 209. The van der Waals surface area contributed by atoms with Gasteiger partial charge in [0, 0.05) is 13.5 Å². The van der Waals surface area contributed by atoms with Crippen molar-refractivity contribution in [2.24, 2.45) is 0 Å². The highest BCUT2D eigenvalue weighted by molar-refractivity contribution is 5.80. The van der Waals surface area contributed by atoms with E-state index in [0.29, 0.717) is 19.3 Å². The van der Waals surface area contributed by atoms with Crippen LogP contribution in [0.3, 0.4) is 0 Å². The number of hydrogen-bond donors (Lipinski definition) is 1. The molecule has 0 spiro atoms. The second kappa shape index (κ2) is 8.20. The summed E-state index contributed by atoms with van der Waals surface area (Å²) in [6.07, 6.45) is 3.18. The number of unbranched alkanes of at least 4 members (excludes halogenated alkanes) is 3. The standard InChI is InChI=1S/C10H18FNO3/c1-12(8-10(14)15)9(13)6-4-2-3-5-7-11/h2-8H2,1H3,(H,14,15). The van der Waals surface area contributed by atoms with Crippen LogP contribution in [0.2, 0.25) is 0 Å². The molecule has 0 aromatic carbocycles. The zero-order chi connectivity index (χ0) is 11.7. The summed E-state index contributed by atoms with van der Waals surface area (Å²) < 4.78 is 11.7. The topological polar surface area (TPSA) is 57.6 Å². The minimum absolute atomic E-state index is 0.169. The van der Waals surface area contributed by atoms with E-state index in [0.717, 1.165) is 12.8 Å². The minimum atomic E-state index is -1.01. The van der Waals surface area contributed by atoms with Crippen LogP contribution in [-0.4, -0.2) is 42.1 Å². The van der Waals surface area contributed by atoms with Crippen molar-refractivity contribution in [1.29, 1.82) is 0 Å². The number of likely N-dealkylation sites (N-methyl/N-ethyl adjacent to an activating group) is 1. The van der Waals surface area contributed by atoms with Gasteiger partial charge in [0.15, 0.2) is 0 Å². The number of nitrogens with zero attached hydrogens (tertiary/aromatic N) is 1. The van der Waals surface area contributed by atoms with Crippen molar-refractivity contribution in [2.75, 3.05) is 20.3 Å². The van der Waals surface area contributed by atoms with Crippen molar-refractivity contribution in [1.82, 2.24) is 4.90 Å². The molecule has 0 radical (unpaired) electrons. The van der Waals surface area contributed by atoms with Crippen LogP contribution in [0.1, 0.15) is 32.1 Å². The van der Waals surface area contributed by atoms with Crippen LogP contribution in [-0.2, 0) is 9.59 Å². The summed E-state index contributed by atoms with van der Waals surface area (Å²) in [5, 5.41) is 8.44. The van der Waals surface area contributed by atoms with Gasteiger partial charge in [0.2, 0.25) is 5.91 Å². The largest absolute Gasteiger partial charge is 0.480 e. The summed E-state index contributed by atoms with van der Waals surface area (Å²) in [5.41, 5.74) is 0. The molecule has 88 valence electrons. The Morgan fingerprint density at radius 1 is 1.20 bits per heavy atom. The van der Waals surface area contributed by atoms with Gasteiger partial charge in [-0.2, -0.15) is 0 Å². The number of hydrogen-bond acceptors (Lipinski definition) is 2. The normalized spacial score (nSPS) is 10.0. The van der Waals surface area contributed by atoms with E-state index in [1.54, 1.807) is 0 Å². The summed E-state index contributed by atoms with van der Waals surface area (Å²) in [6.45, 7) is -0.573. The Hall–Kier alpha value is -1.13. The van der Waals surface area contributed by atoms with Gasteiger partial charge in [0.05, 0.1) is 6.67 Å². The van der Waals surface area contributed by atoms with Crippen LogP contribution in [0.15, 0.2) is 0 Å². The molecule has 0 aliphatic heterocycles. The van der Waals surface area contributed by atoms with Crippen LogP contribution < -0.4 is 0 Å². The number of carbonyl (C=O) groups excluding carboxylic acids is 1. The lowest BCUT2D eigenvalue weighted by Gasteiger charge is -2.13. The first-order valence-corrected chi connectivity index (χ1v) is 5.09. The fourth-order valence-corrected chi connectivity index (χ4v) is 1.21. The molecule has 0 unspecified atom stereocenters. The van der Waals surface area contributed by atoms with Gasteiger partial charge in [-0.1, -0.05) is 12.8 Å². The molecule has 4 nitrogen and oxygen atoms in total. The lowest BCUT2D eigenvalue weighted by Crippen LogP contribution is -2.31. The van der Waals surface area contributed by atoms with Gasteiger partial charge < -0.3 is 10.0 Å². The van der Waals surface area contributed by atoms with Crippen molar-refractivity contribution in [3.05, 3.63) is 0 Å². The third-order valence-corrected chi connectivity index (χ3v) is 2.07. The number of alkyl halides is 1. The number of aliphatic carboxylic acids is 1. The zero-order valence-electron chi connectivity index (χ0n) is 9.04. The lowest BCUT2D eigenvalue weighted by atomic mass is 10.1. The number of rotatable bonds is 8. The monoisotopic (exact) mass is 219 g/mol. The molecule has 5 heteroatoms. The highest BCUT2D eigenvalue weighted by Gasteiger charge is 2.10. The van der Waals surface area contributed by atoms with Gasteiger partial charge in [-0.05, 0) is 12.8 Å². The Morgan fingerprint density at radius 2 is 1.80 bits per heavy atom. The first-order valence-electron chi connectivity index (χ1n) is 5.09. The molecule has 0 heterocycles. The zero-order valence-corrected chi connectivity index (χ0v) is 9.04. The highest BCUT2D eigenvalue weighted by atomic mass is 19.1. The molecule has 0 fully saturated rings. The Labute approximate surface area is 89.1 Å². The maximum absolute atomic E-state index is 11.7. The maximum Gasteiger partial charge on any atom is 0.323 e. The molecule has 0 atom stereocenters. The molecule has 1 N–H and O–H groups in total. The van der Waals surface area contributed by atoms with E-state index in [2.05, 4.69) is 0 Å². The van der Waals surface area contributed by atoms with Gasteiger partial charge in [-0.25, -0.2) is 0 Å². The van der Waals surface area contributed by atoms with Crippen molar-refractivity contribution < 1.29 is 19.1 Å². The van der Waals surface area contributed by atoms with E-state index in [-0.39, 0.29) is 19.1 Å². The molecule has 15 heavy (non-hydrogen) atoms. The quantitative estimate of drug-likeness (QED) is 0.628. The third kappa shape index (κ3) is 7.90. The number of halogens is 1. The molecule has 0 saturated carbocycles. The fourth-order valence-electron chi connectivity index (χ4n) is 1.21. The molecule has 0 aromatic heterocycles. The number of carboxylic acid groups (broad SMARTS) is 1. The Kier molecular flexibility index (Phi) is 7.58. The predicted molar refractivity (Wildman–Crippen MR) is 54.3 cm³/mol. The van der Waals surface area contributed by atoms with E-state index < -0.39 is 5.97 Å². The number of amides is 1. The first-order chi connectivity index (χ1) is 7.07. The average molecular weight is 219 g/mol. The lowest BCUT2D eigenvalue weighted by molar-refractivity contribution is -0.143. The Balaban J connectivity index is 3.51. The van der Waals surface area contributed by atoms with E-state index in [9.17, 15) is 14.0 Å². The van der Waals surface area contributed by atoms with E-state index in [1.807, 2.05) is 0 Å². The minimum Gasteiger partial charge on any atom is -0.480 e. The first kappa shape index (κ1) is 13.9. The third-order valence-electron chi connectivity index (χ3n) is 2.07. The van der Waals surface area contributed by atoms with E-state index in [1.165, 1.54) is 11.9 Å². The van der Waals surface area contributed by atoms with Gasteiger partial charge in [0.25, 0.3) is 0 Å². The fraction of sp³-hybridized carbons (Fsp3) is 0.800. The summed E-state index contributed by atoms with van der Waals surface area (Å²) in [7, 11) is 1.47. The second-order valence-electron chi connectivity index (χ2n) is 3.50. The van der Waals surface area contributed by atoms with Crippen LogP contribution in [0.5, 0.6) is 0 Å². The molecule has 0 saturated heterocycles. The van der Waals surface area contributed by atoms with Crippen LogP contribution >= 0.6 is 0 Å². The molecule has 0 aliphatic carbocycles. The molecular formula is C10H18FNO3. The van der Waals surface area contributed by atoms with Crippen molar-refractivity contribution >= 4 is 11.9 Å². The second-order valence-corrected chi connectivity index (χ2v) is 3.50. The summed E-state index contributed by atoms with van der Waals surface area (Å²) in [5.74, 6) is -1.18. The van der Waals surface area contributed by atoms with Crippen molar-refractivity contribution in [2.45, 2.75) is 32.1 Å². The molecular weight excluding hydrogens is 201 g/mol. The van der Waals surface area contributed by atoms with Crippen LogP contribution in [0.4, 0.5) is 4.39 Å². The van der Waals surface area contributed by atoms with Gasteiger partial charge >= 0.3 is 5.97 Å². The number of carbonyl (C=O) groups is 2. The average Bonchev–Trinajstić information content (AvgIpc) is 2.16. The van der Waals surface area contributed by atoms with E-state index in [4.69, 9.17) is 5.11 Å². The number of carboxylic acids is 1. The molecule has 0 aromatic rings. The van der Waals surface area contributed by atoms with Crippen LogP contribution in [0.25, 0.3) is 0 Å². The van der Waals surface area contributed by atoms with Crippen molar-refractivity contribution in [3.8, 4) is 0 Å². The summed E-state index contributed by atoms with van der Waals surface area (Å²) in [4.78, 5) is 22.8. The molecule has 1 amide bonds. The highest BCUT2D eigenvalue weighted by Crippen LogP contribution is 2.04. The van der Waals surface area contributed by atoms with Gasteiger partial charge in [-0.3, -0.25) is 14.0 Å². The SMILES string of the molecule is CN(CC(=O)O)C(=O)CCCCCCF. The van der Waals surface area contributed by atoms with E-state index >= 15 is 0 Å².